The second kappa shape index (κ2) is 22.4. The first-order valence-electron chi connectivity index (χ1n) is 7.29. The fourth-order valence-electron chi connectivity index (χ4n) is 0.861. The van der Waals surface area contributed by atoms with Crippen molar-refractivity contribution in [1.29, 1.82) is 0 Å². The molecule has 2 rings (SSSR count). The molecule has 0 radical (unpaired) electrons. The van der Waals surface area contributed by atoms with Crippen LogP contribution in [0.3, 0.4) is 0 Å². The zero-order chi connectivity index (χ0) is 18.5. The van der Waals surface area contributed by atoms with E-state index in [-0.39, 0.29) is 0 Å². The highest BCUT2D eigenvalue weighted by Gasteiger charge is 2.22. The predicted molar refractivity (Wildman–Crippen MR) is 107 cm³/mol. The third kappa shape index (κ3) is 29.4. The average Bonchev–Trinajstić information content (AvgIpc) is 3.51. The summed E-state index contributed by atoms with van der Waals surface area (Å²) >= 11 is 6.14. The Labute approximate surface area is 163 Å². The van der Waals surface area contributed by atoms with E-state index in [1.165, 1.54) is 0 Å². The van der Waals surface area contributed by atoms with E-state index in [0.29, 0.717) is 37.4 Å². The van der Waals surface area contributed by atoms with Crippen molar-refractivity contribution in [1.82, 2.24) is 0 Å². The first-order chi connectivity index (χ1) is 11.7. The quantitative estimate of drug-likeness (QED) is 0.181. The number of hydrogen-bond acceptors (Lipinski definition) is 4. The molecule has 6 heteroatoms. The largest absolute Gasteiger partial charge is 0.375 e. The zero-order valence-corrected chi connectivity index (χ0v) is 17.1. The van der Waals surface area contributed by atoms with Crippen LogP contribution in [-0.2, 0) is 18.9 Å². The molecule has 0 amide bonds. The number of epoxide rings is 2. The van der Waals surface area contributed by atoms with Crippen LogP contribution in [0.5, 0.6) is 0 Å². The molecule has 2 unspecified atom stereocenters. The summed E-state index contributed by atoms with van der Waals surface area (Å²) in [5.41, 5.74) is 0. The van der Waals surface area contributed by atoms with Crippen molar-refractivity contribution in [2.75, 3.05) is 50.3 Å². The number of ether oxygens (including phenoxy) is 4. The molecule has 0 saturated carbocycles. The fourth-order valence-corrected chi connectivity index (χ4v) is 0.861. The minimum absolute atomic E-state index is 0.336. The SMILES string of the molecule is C#CCBr.C#CCOCC1CO1.C=CCBr.C=CCOCC1CO1. The van der Waals surface area contributed by atoms with Crippen molar-refractivity contribution in [2.24, 2.45) is 0 Å². The van der Waals surface area contributed by atoms with E-state index in [0.717, 1.165) is 25.2 Å². The summed E-state index contributed by atoms with van der Waals surface area (Å²) in [6, 6.07) is 0. The van der Waals surface area contributed by atoms with Gasteiger partial charge in [0.25, 0.3) is 0 Å². The molecule has 2 heterocycles. The van der Waals surface area contributed by atoms with Gasteiger partial charge in [0.15, 0.2) is 0 Å². The Balaban J connectivity index is 0. The van der Waals surface area contributed by atoms with Gasteiger partial charge in [-0.05, 0) is 0 Å². The van der Waals surface area contributed by atoms with Gasteiger partial charge in [0, 0.05) is 5.33 Å². The summed E-state index contributed by atoms with van der Waals surface area (Å²) in [7, 11) is 0. The lowest BCUT2D eigenvalue weighted by molar-refractivity contribution is 0.141. The minimum atomic E-state index is 0.336. The summed E-state index contributed by atoms with van der Waals surface area (Å²) in [6.45, 7) is 11.1. The van der Waals surface area contributed by atoms with Gasteiger partial charge >= 0.3 is 0 Å². The van der Waals surface area contributed by atoms with E-state index in [1.807, 2.05) is 0 Å². The third-order valence-electron chi connectivity index (χ3n) is 2.02. The number of hydrogen-bond donors (Lipinski definition) is 0. The molecule has 2 atom stereocenters. The second-order valence-corrected chi connectivity index (χ2v) is 5.45. The van der Waals surface area contributed by atoms with Crippen LogP contribution in [0.4, 0.5) is 0 Å². The lowest BCUT2D eigenvalue weighted by Gasteiger charge is -1.92. The molecular formula is C18H26Br2O4. The summed E-state index contributed by atoms with van der Waals surface area (Å²) in [5.74, 6) is 4.72. The van der Waals surface area contributed by atoms with Gasteiger partial charge in [-0.2, -0.15) is 0 Å². The Kier molecular flexibility index (Phi) is 23.9. The van der Waals surface area contributed by atoms with Gasteiger partial charge < -0.3 is 18.9 Å². The van der Waals surface area contributed by atoms with Crippen LogP contribution in [0.1, 0.15) is 0 Å². The lowest BCUT2D eigenvalue weighted by Crippen LogP contribution is -2.00. The topological polar surface area (TPSA) is 43.5 Å². The van der Waals surface area contributed by atoms with Gasteiger partial charge in [-0.1, -0.05) is 55.9 Å². The smallest absolute Gasteiger partial charge is 0.107 e. The fraction of sp³-hybridized carbons (Fsp3) is 0.556. The molecule has 24 heavy (non-hydrogen) atoms. The van der Waals surface area contributed by atoms with Gasteiger partial charge in [0.1, 0.15) is 18.8 Å². The predicted octanol–water partition coefficient (Wildman–Crippen LogP) is 3.20. The summed E-state index contributed by atoms with van der Waals surface area (Å²) in [6.07, 6.45) is 13.9. The number of allylic oxidation sites excluding steroid dienone is 1. The van der Waals surface area contributed by atoms with Crippen molar-refractivity contribution < 1.29 is 18.9 Å². The first-order valence-corrected chi connectivity index (χ1v) is 9.53. The summed E-state index contributed by atoms with van der Waals surface area (Å²) < 4.78 is 19.8. The van der Waals surface area contributed by atoms with Crippen molar-refractivity contribution in [3.63, 3.8) is 0 Å². The molecule has 2 aliphatic heterocycles. The number of alkyl halides is 2. The molecule has 0 aromatic carbocycles. The Morgan fingerprint density at radius 2 is 1.46 bits per heavy atom. The van der Waals surface area contributed by atoms with Gasteiger partial charge in [0.2, 0.25) is 0 Å². The Hall–Kier alpha value is -0.600. The standard InChI is InChI=1S/C6H10O2.C6H8O2.C3H5Br.C3H3Br/c2*1-2-3-7-4-6-5-8-6;2*1-2-3-4/h2,6H,1,3-5H2;1,6H,3-5H2;2H,1,3H2;1H,3H2. The van der Waals surface area contributed by atoms with E-state index in [2.05, 4.69) is 56.9 Å². The zero-order valence-electron chi connectivity index (χ0n) is 13.9. The molecule has 4 nitrogen and oxygen atoms in total. The highest BCUT2D eigenvalue weighted by Crippen LogP contribution is 2.08. The number of halogens is 2. The molecule has 0 aliphatic carbocycles. The Bertz CT molecular complexity index is 366. The monoisotopic (exact) mass is 464 g/mol. The molecule has 136 valence electrons. The number of rotatable bonds is 8. The van der Waals surface area contributed by atoms with Crippen LogP contribution in [-0.4, -0.2) is 62.5 Å². The third-order valence-corrected chi connectivity index (χ3v) is 2.80. The molecule has 0 N–H and O–H groups in total. The molecule has 0 aromatic rings. The normalized spacial score (nSPS) is 18.5. The van der Waals surface area contributed by atoms with Gasteiger partial charge in [-0.15, -0.1) is 26.0 Å². The molecule has 2 aliphatic rings. The van der Waals surface area contributed by atoms with E-state index in [4.69, 9.17) is 31.8 Å². The maximum atomic E-state index is 5.06. The van der Waals surface area contributed by atoms with Crippen LogP contribution in [0.15, 0.2) is 25.3 Å². The van der Waals surface area contributed by atoms with Crippen LogP contribution < -0.4 is 0 Å². The van der Waals surface area contributed by atoms with Crippen molar-refractivity contribution in [3.05, 3.63) is 25.3 Å². The summed E-state index contributed by atoms with van der Waals surface area (Å²) in [5, 5.41) is 1.56. The Morgan fingerprint density at radius 1 is 1.00 bits per heavy atom. The highest BCUT2D eigenvalue weighted by atomic mass is 79.9. The van der Waals surface area contributed by atoms with Crippen LogP contribution >= 0.6 is 31.9 Å². The van der Waals surface area contributed by atoms with Crippen LogP contribution in [0.25, 0.3) is 0 Å². The molecule has 0 aromatic heterocycles. The van der Waals surface area contributed by atoms with E-state index < -0.39 is 0 Å². The van der Waals surface area contributed by atoms with E-state index in [9.17, 15) is 0 Å². The number of terminal acetylenes is 2. The van der Waals surface area contributed by atoms with Gasteiger partial charge in [0.05, 0.1) is 38.4 Å². The van der Waals surface area contributed by atoms with Crippen molar-refractivity contribution in [2.45, 2.75) is 12.2 Å². The van der Waals surface area contributed by atoms with Gasteiger partial charge in [-0.3, -0.25) is 0 Å². The first kappa shape index (κ1) is 25.6. The molecule has 0 spiro atoms. The average molecular weight is 466 g/mol. The van der Waals surface area contributed by atoms with Crippen molar-refractivity contribution >= 4 is 31.9 Å². The van der Waals surface area contributed by atoms with Crippen LogP contribution in [0.2, 0.25) is 0 Å². The van der Waals surface area contributed by atoms with E-state index >= 15 is 0 Å². The minimum Gasteiger partial charge on any atom is -0.375 e. The van der Waals surface area contributed by atoms with E-state index in [1.54, 1.807) is 12.2 Å². The maximum Gasteiger partial charge on any atom is 0.107 e. The highest BCUT2D eigenvalue weighted by molar-refractivity contribution is 9.09. The Morgan fingerprint density at radius 3 is 1.75 bits per heavy atom. The van der Waals surface area contributed by atoms with Crippen LogP contribution in [0, 0.1) is 24.7 Å². The molecular weight excluding hydrogens is 440 g/mol. The molecule has 0 bridgehead atoms. The maximum absolute atomic E-state index is 5.06. The van der Waals surface area contributed by atoms with Crippen molar-refractivity contribution in [3.8, 4) is 24.7 Å². The lowest BCUT2D eigenvalue weighted by atomic mass is 10.5. The molecule has 2 saturated heterocycles. The molecule has 2 fully saturated rings. The van der Waals surface area contributed by atoms with Gasteiger partial charge in [-0.25, -0.2) is 0 Å². The summed E-state index contributed by atoms with van der Waals surface area (Å²) in [4.78, 5) is 0. The second-order valence-electron chi connectivity index (χ2n) is 4.24.